The molecule has 0 aliphatic heterocycles. The van der Waals surface area contributed by atoms with Crippen LogP contribution in [0.3, 0.4) is 0 Å². The minimum absolute atomic E-state index is 0.364. The maximum absolute atomic E-state index is 12.4. The van der Waals surface area contributed by atoms with Gasteiger partial charge in [-0.3, -0.25) is 0 Å². The number of nitrogens with zero attached hydrogens (tertiary/aromatic N) is 2. The first-order valence-electron chi connectivity index (χ1n) is 9.08. The SMILES string of the molecule is Cc1cc(C)cc(N/C=C(/C#N)c2nc(-c3cc4cc(Br)ccc4oc3=O)cs2)c1. The fraction of sp³-hybridized carbons (Fsp3) is 0.0870. The highest BCUT2D eigenvalue weighted by Crippen LogP contribution is 2.27. The Kier molecular flexibility index (Phi) is 5.53. The summed E-state index contributed by atoms with van der Waals surface area (Å²) in [5, 5.41) is 15.8. The molecule has 5 nitrogen and oxygen atoms in total. The molecule has 0 bridgehead atoms. The minimum atomic E-state index is -0.461. The van der Waals surface area contributed by atoms with Gasteiger partial charge in [0.1, 0.15) is 22.2 Å². The summed E-state index contributed by atoms with van der Waals surface area (Å²) in [6, 6.07) is 15.5. The molecule has 4 aromatic rings. The third-order valence-electron chi connectivity index (χ3n) is 4.43. The average Bonchev–Trinajstić information content (AvgIpc) is 3.17. The molecule has 0 amide bonds. The van der Waals surface area contributed by atoms with Crippen molar-refractivity contribution in [3.8, 4) is 17.3 Å². The fourth-order valence-corrected chi connectivity index (χ4v) is 4.31. The summed E-state index contributed by atoms with van der Waals surface area (Å²) in [5.41, 5.74) is 4.46. The molecule has 0 aliphatic rings. The number of halogens is 1. The molecule has 1 N–H and O–H groups in total. The number of allylic oxidation sites excluding steroid dienone is 1. The summed E-state index contributed by atoms with van der Waals surface area (Å²) in [5.74, 6) is 0. The van der Waals surface area contributed by atoms with Crippen LogP contribution < -0.4 is 10.9 Å². The molecular formula is C23H16BrN3O2S. The Morgan fingerprint density at radius 3 is 2.70 bits per heavy atom. The summed E-state index contributed by atoms with van der Waals surface area (Å²) >= 11 is 4.73. The molecule has 0 saturated carbocycles. The lowest BCUT2D eigenvalue weighted by molar-refractivity contribution is 0.563. The van der Waals surface area contributed by atoms with E-state index in [1.165, 1.54) is 11.3 Å². The van der Waals surface area contributed by atoms with Crippen molar-refractivity contribution in [2.45, 2.75) is 13.8 Å². The number of aromatic nitrogens is 1. The van der Waals surface area contributed by atoms with Crippen molar-refractivity contribution >= 4 is 49.5 Å². The van der Waals surface area contributed by atoms with Gasteiger partial charge in [-0.1, -0.05) is 22.0 Å². The van der Waals surface area contributed by atoms with E-state index in [0.29, 0.717) is 27.4 Å². The highest BCUT2D eigenvalue weighted by atomic mass is 79.9. The van der Waals surface area contributed by atoms with Crippen LogP contribution in [-0.4, -0.2) is 4.98 Å². The predicted molar refractivity (Wildman–Crippen MR) is 124 cm³/mol. The van der Waals surface area contributed by atoms with Gasteiger partial charge in [0.05, 0.1) is 11.3 Å². The molecule has 0 saturated heterocycles. The van der Waals surface area contributed by atoms with E-state index < -0.39 is 5.63 Å². The van der Waals surface area contributed by atoms with Crippen LogP contribution in [0.2, 0.25) is 0 Å². The lowest BCUT2D eigenvalue weighted by atomic mass is 10.1. The first-order chi connectivity index (χ1) is 14.4. The first-order valence-corrected chi connectivity index (χ1v) is 10.7. The number of benzene rings is 2. The monoisotopic (exact) mass is 477 g/mol. The highest BCUT2D eigenvalue weighted by molar-refractivity contribution is 9.10. The van der Waals surface area contributed by atoms with Crippen LogP contribution in [-0.2, 0) is 0 Å². The van der Waals surface area contributed by atoms with E-state index in [-0.39, 0.29) is 0 Å². The van der Waals surface area contributed by atoms with Gasteiger partial charge < -0.3 is 9.73 Å². The van der Waals surface area contributed by atoms with Crippen molar-refractivity contribution in [1.29, 1.82) is 5.26 Å². The van der Waals surface area contributed by atoms with Gasteiger partial charge in [0, 0.05) is 27.1 Å². The Bertz CT molecular complexity index is 1380. The summed E-state index contributed by atoms with van der Waals surface area (Å²) < 4.78 is 6.31. The molecular weight excluding hydrogens is 462 g/mol. The second-order valence-electron chi connectivity index (χ2n) is 6.86. The Morgan fingerprint density at radius 1 is 1.20 bits per heavy atom. The molecule has 0 fully saturated rings. The van der Waals surface area contributed by atoms with Crippen LogP contribution in [0.1, 0.15) is 16.1 Å². The Balaban J connectivity index is 1.67. The average molecular weight is 478 g/mol. The summed E-state index contributed by atoms with van der Waals surface area (Å²) in [6.07, 6.45) is 1.64. The van der Waals surface area contributed by atoms with Gasteiger partial charge >= 0.3 is 5.63 Å². The van der Waals surface area contributed by atoms with E-state index >= 15 is 0 Å². The van der Waals surface area contributed by atoms with Crippen molar-refractivity contribution < 1.29 is 4.42 Å². The van der Waals surface area contributed by atoms with Gasteiger partial charge in [0.15, 0.2) is 0 Å². The zero-order valence-electron chi connectivity index (χ0n) is 16.2. The van der Waals surface area contributed by atoms with Gasteiger partial charge in [-0.15, -0.1) is 11.3 Å². The van der Waals surface area contributed by atoms with Crippen LogP contribution in [0.4, 0.5) is 5.69 Å². The van der Waals surface area contributed by atoms with Crippen LogP contribution in [0.15, 0.2) is 67.7 Å². The van der Waals surface area contributed by atoms with Crippen molar-refractivity contribution in [2.24, 2.45) is 0 Å². The molecule has 2 aromatic heterocycles. The van der Waals surface area contributed by atoms with Gasteiger partial charge in [-0.05, 0) is 61.4 Å². The number of thiazole rings is 1. The summed E-state index contributed by atoms with van der Waals surface area (Å²) in [7, 11) is 0. The maximum Gasteiger partial charge on any atom is 0.345 e. The Labute approximate surface area is 185 Å². The molecule has 0 unspecified atom stereocenters. The molecule has 30 heavy (non-hydrogen) atoms. The number of nitriles is 1. The third kappa shape index (κ3) is 4.20. The second kappa shape index (κ2) is 8.27. The number of aryl methyl sites for hydroxylation is 2. The van der Waals surface area contributed by atoms with Crippen LogP contribution in [0, 0.1) is 25.2 Å². The lowest BCUT2D eigenvalue weighted by Gasteiger charge is -2.05. The molecule has 0 aliphatic carbocycles. The molecule has 0 spiro atoms. The number of nitrogens with one attached hydrogen (secondary N) is 1. The molecule has 0 radical (unpaired) electrons. The first kappa shape index (κ1) is 20.1. The van der Waals surface area contributed by atoms with E-state index in [4.69, 9.17) is 4.42 Å². The van der Waals surface area contributed by atoms with Crippen molar-refractivity contribution in [3.63, 3.8) is 0 Å². The summed E-state index contributed by atoms with van der Waals surface area (Å²) in [4.78, 5) is 16.9. The second-order valence-corrected chi connectivity index (χ2v) is 8.63. The van der Waals surface area contributed by atoms with Gasteiger partial charge in [-0.25, -0.2) is 9.78 Å². The Hall–Kier alpha value is -3.21. The van der Waals surface area contributed by atoms with Crippen molar-refractivity contribution in [3.05, 3.63) is 85.1 Å². The fourth-order valence-electron chi connectivity index (χ4n) is 3.15. The quantitative estimate of drug-likeness (QED) is 0.276. The molecule has 2 aromatic carbocycles. The molecule has 148 valence electrons. The number of fused-ring (bicyclic) bond motifs is 1. The minimum Gasteiger partial charge on any atom is -0.422 e. The molecule has 7 heteroatoms. The molecule has 2 heterocycles. The van der Waals surface area contributed by atoms with E-state index in [9.17, 15) is 10.1 Å². The van der Waals surface area contributed by atoms with E-state index in [1.54, 1.807) is 23.7 Å². The van der Waals surface area contributed by atoms with Crippen LogP contribution in [0.25, 0.3) is 27.8 Å². The Morgan fingerprint density at radius 2 is 1.97 bits per heavy atom. The topological polar surface area (TPSA) is 78.9 Å². The van der Waals surface area contributed by atoms with Crippen LogP contribution in [0.5, 0.6) is 0 Å². The molecule has 4 rings (SSSR count). The normalized spacial score (nSPS) is 11.5. The standard InChI is InChI=1S/C23H16BrN3O2S/c1-13-5-14(2)7-18(6-13)26-11-16(10-25)22-27-20(12-30-22)19-9-15-8-17(24)3-4-21(15)29-23(19)28/h3-9,11-12,26H,1-2H3/b16-11-. The maximum atomic E-state index is 12.4. The van der Waals surface area contributed by atoms with E-state index in [0.717, 1.165) is 26.7 Å². The zero-order chi connectivity index (χ0) is 21.3. The third-order valence-corrected chi connectivity index (χ3v) is 5.80. The number of rotatable bonds is 4. The zero-order valence-corrected chi connectivity index (χ0v) is 18.6. The highest BCUT2D eigenvalue weighted by Gasteiger charge is 2.14. The van der Waals surface area contributed by atoms with Crippen LogP contribution >= 0.6 is 27.3 Å². The number of hydrogen-bond acceptors (Lipinski definition) is 6. The smallest absolute Gasteiger partial charge is 0.345 e. The van der Waals surface area contributed by atoms with E-state index in [2.05, 4.69) is 38.4 Å². The largest absolute Gasteiger partial charge is 0.422 e. The number of hydrogen-bond donors (Lipinski definition) is 1. The summed E-state index contributed by atoms with van der Waals surface area (Å²) in [6.45, 7) is 4.04. The predicted octanol–water partition coefficient (Wildman–Crippen LogP) is 6.27. The van der Waals surface area contributed by atoms with Crippen molar-refractivity contribution in [1.82, 2.24) is 4.98 Å². The van der Waals surface area contributed by atoms with E-state index in [1.807, 2.05) is 38.1 Å². The van der Waals surface area contributed by atoms with Gasteiger partial charge in [-0.2, -0.15) is 5.26 Å². The van der Waals surface area contributed by atoms with Gasteiger partial charge in [0.2, 0.25) is 0 Å². The van der Waals surface area contributed by atoms with Gasteiger partial charge in [0.25, 0.3) is 0 Å². The lowest BCUT2D eigenvalue weighted by Crippen LogP contribution is -2.03. The molecule has 0 atom stereocenters. The number of anilines is 1. The van der Waals surface area contributed by atoms with Crippen molar-refractivity contribution in [2.75, 3.05) is 5.32 Å².